The molecule has 0 aromatic rings. The van der Waals surface area contributed by atoms with Gasteiger partial charge in [0.1, 0.15) is 0 Å². The smallest absolute Gasteiger partial charge is 0.0506 e. The first-order chi connectivity index (χ1) is 3.42. The molecule has 0 spiro atoms. The summed E-state index contributed by atoms with van der Waals surface area (Å²) in [5, 5.41) is 0. The van der Waals surface area contributed by atoms with Crippen molar-refractivity contribution in [3.63, 3.8) is 0 Å². The molecule has 0 saturated carbocycles. The van der Waals surface area contributed by atoms with Gasteiger partial charge in [0.25, 0.3) is 0 Å². The molecule has 0 aromatic carbocycles. The number of rotatable bonds is 1. The Morgan fingerprint density at radius 2 is 1.75 bits per heavy atom. The van der Waals surface area contributed by atoms with E-state index in [0.717, 1.165) is 0 Å². The van der Waals surface area contributed by atoms with Gasteiger partial charge >= 0.3 is 0 Å². The van der Waals surface area contributed by atoms with E-state index in [4.69, 9.17) is 0 Å². The van der Waals surface area contributed by atoms with E-state index < -0.39 is 9.41 Å². The summed E-state index contributed by atoms with van der Waals surface area (Å²) < 4.78 is 4.38. The normalized spacial score (nSPS) is 12.1. The summed E-state index contributed by atoms with van der Waals surface area (Å²) >= 11 is 0. The lowest BCUT2D eigenvalue weighted by Crippen LogP contribution is -1.97. The second kappa shape index (κ2) is 2.53. The molecule has 0 aliphatic carbocycles. The molecule has 0 heterocycles. The molecule has 0 fully saturated rings. The van der Waals surface area contributed by atoms with Crippen LogP contribution in [0.25, 0.3) is 0 Å². The van der Waals surface area contributed by atoms with Gasteiger partial charge in [0, 0.05) is 0 Å². The van der Waals surface area contributed by atoms with E-state index in [1.54, 1.807) is 0 Å². The Kier molecular flexibility index (Phi) is 2.54. The molecular formula is C6H15NS. The van der Waals surface area contributed by atoms with Crippen LogP contribution in [-0.4, -0.2) is 24.4 Å². The quantitative estimate of drug-likeness (QED) is 0.480. The SMILES string of the molecule is C=S(C)(C)=NC(C)C. The third-order valence-electron chi connectivity index (χ3n) is 0.496. The molecule has 0 bridgehead atoms. The van der Waals surface area contributed by atoms with Gasteiger partial charge in [-0.1, -0.05) is 5.87 Å². The van der Waals surface area contributed by atoms with Gasteiger partial charge in [-0.3, -0.25) is 4.36 Å². The summed E-state index contributed by atoms with van der Waals surface area (Å²) in [4.78, 5) is 0. The molecule has 0 atom stereocenters. The van der Waals surface area contributed by atoms with E-state index in [1.165, 1.54) is 0 Å². The van der Waals surface area contributed by atoms with E-state index in [-0.39, 0.29) is 0 Å². The van der Waals surface area contributed by atoms with Crippen LogP contribution in [0.5, 0.6) is 0 Å². The summed E-state index contributed by atoms with van der Waals surface area (Å²) in [6.07, 6.45) is 4.18. The molecule has 0 rings (SSSR count). The van der Waals surface area contributed by atoms with Crippen LogP contribution in [0.3, 0.4) is 0 Å². The maximum Gasteiger partial charge on any atom is 0.0506 e. The van der Waals surface area contributed by atoms with Gasteiger partial charge in [0.2, 0.25) is 0 Å². The first kappa shape index (κ1) is 8.02. The van der Waals surface area contributed by atoms with Gasteiger partial charge in [-0.15, -0.1) is 9.41 Å². The predicted molar refractivity (Wildman–Crippen MR) is 43.9 cm³/mol. The molecule has 2 heteroatoms. The van der Waals surface area contributed by atoms with Crippen molar-refractivity contribution in [2.75, 3.05) is 12.5 Å². The molecule has 0 aliphatic heterocycles. The zero-order valence-electron chi connectivity index (χ0n) is 6.14. The van der Waals surface area contributed by atoms with Crippen molar-refractivity contribution in [2.45, 2.75) is 19.9 Å². The molecule has 50 valence electrons. The first-order valence-electron chi connectivity index (χ1n) is 2.70. The highest BCUT2D eigenvalue weighted by molar-refractivity contribution is 8.01. The highest BCUT2D eigenvalue weighted by Gasteiger charge is 1.85. The lowest BCUT2D eigenvalue weighted by Gasteiger charge is -2.02. The summed E-state index contributed by atoms with van der Waals surface area (Å²) in [6.45, 7) is 4.17. The molecule has 0 aliphatic rings. The Morgan fingerprint density at radius 1 is 1.38 bits per heavy atom. The van der Waals surface area contributed by atoms with Crippen LogP contribution in [0.1, 0.15) is 13.8 Å². The molecule has 8 heavy (non-hydrogen) atoms. The largest absolute Gasteiger partial charge is 0.269 e. The Bertz CT molecular complexity index is 153. The van der Waals surface area contributed by atoms with Crippen molar-refractivity contribution in [1.82, 2.24) is 0 Å². The standard InChI is InChI=1S/C6H15NS/c1-6(2)7-8(3,4)5/h6H,3H2,1-2,4-5H3. The minimum atomic E-state index is -0.848. The van der Waals surface area contributed by atoms with Crippen LogP contribution in [-0.2, 0) is 9.41 Å². The van der Waals surface area contributed by atoms with Crippen LogP contribution in [0.2, 0.25) is 0 Å². The number of hydrogen-bond donors (Lipinski definition) is 0. The lowest BCUT2D eigenvalue weighted by atomic mass is 10.4. The van der Waals surface area contributed by atoms with Gasteiger partial charge in [0.15, 0.2) is 0 Å². The number of hydrogen-bond acceptors (Lipinski definition) is 1. The van der Waals surface area contributed by atoms with E-state index in [2.05, 4.69) is 36.6 Å². The van der Waals surface area contributed by atoms with Crippen LogP contribution in [0, 0.1) is 0 Å². The average Bonchev–Trinajstić information content (AvgIpc) is 1.21. The van der Waals surface area contributed by atoms with Gasteiger partial charge in [-0.05, 0) is 26.4 Å². The Hall–Kier alpha value is 0.0200. The maximum atomic E-state index is 4.38. The second-order valence-corrected chi connectivity index (χ2v) is 5.85. The van der Waals surface area contributed by atoms with Crippen molar-refractivity contribution >= 4 is 15.3 Å². The Balaban J connectivity index is 4.19. The highest BCUT2D eigenvalue weighted by Crippen LogP contribution is 1.91. The topological polar surface area (TPSA) is 12.4 Å². The summed E-state index contributed by atoms with van der Waals surface area (Å²) in [6, 6.07) is 0.442. The zero-order valence-corrected chi connectivity index (χ0v) is 6.96. The van der Waals surface area contributed by atoms with Gasteiger partial charge < -0.3 is 0 Å². The maximum absolute atomic E-state index is 4.38. The average molecular weight is 133 g/mol. The van der Waals surface area contributed by atoms with Crippen molar-refractivity contribution < 1.29 is 0 Å². The molecule has 0 unspecified atom stereocenters. The fourth-order valence-electron chi connectivity index (χ4n) is 0.571. The Labute approximate surface area is 52.8 Å². The predicted octanol–water partition coefficient (Wildman–Crippen LogP) is 1.42. The molecule has 1 nitrogen and oxygen atoms in total. The van der Waals surface area contributed by atoms with E-state index in [1.807, 2.05) is 0 Å². The molecule has 0 radical (unpaired) electrons. The van der Waals surface area contributed by atoms with E-state index in [9.17, 15) is 0 Å². The van der Waals surface area contributed by atoms with E-state index in [0.29, 0.717) is 6.04 Å². The van der Waals surface area contributed by atoms with Gasteiger partial charge in [-0.2, -0.15) is 0 Å². The van der Waals surface area contributed by atoms with Gasteiger partial charge in [-0.25, -0.2) is 0 Å². The molecule has 0 saturated heterocycles. The molecule has 0 amide bonds. The molecular weight excluding hydrogens is 118 g/mol. The summed E-state index contributed by atoms with van der Waals surface area (Å²) in [7, 11) is -0.848. The first-order valence-corrected chi connectivity index (χ1v) is 5.28. The molecule has 0 aromatic heterocycles. The summed E-state index contributed by atoms with van der Waals surface area (Å²) in [5.41, 5.74) is 0. The highest BCUT2D eigenvalue weighted by atomic mass is 32.2. The van der Waals surface area contributed by atoms with Crippen molar-refractivity contribution in [1.29, 1.82) is 0 Å². The fraction of sp³-hybridized carbons (Fsp3) is 0.833. The monoisotopic (exact) mass is 133 g/mol. The number of nitrogens with zero attached hydrogens (tertiary/aromatic N) is 1. The van der Waals surface area contributed by atoms with Crippen molar-refractivity contribution in [3.05, 3.63) is 0 Å². The van der Waals surface area contributed by atoms with E-state index >= 15 is 0 Å². The lowest BCUT2D eigenvalue weighted by molar-refractivity contribution is 0.850. The minimum Gasteiger partial charge on any atom is -0.269 e. The second-order valence-electron chi connectivity index (χ2n) is 2.68. The van der Waals surface area contributed by atoms with Crippen LogP contribution < -0.4 is 0 Å². The van der Waals surface area contributed by atoms with Crippen LogP contribution in [0.15, 0.2) is 4.36 Å². The molecule has 0 N–H and O–H groups in total. The zero-order chi connectivity index (χ0) is 6.78. The van der Waals surface area contributed by atoms with Crippen molar-refractivity contribution in [3.8, 4) is 0 Å². The third-order valence-corrected chi connectivity index (χ3v) is 1.49. The van der Waals surface area contributed by atoms with Crippen molar-refractivity contribution in [2.24, 2.45) is 4.36 Å². The Morgan fingerprint density at radius 3 is 1.75 bits per heavy atom. The summed E-state index contributed by atoms with van der Waals surface area (Å²) in [5.74, 6) is 3.93. The minimum absolute atomic E-state index is 0.442. The van der Waals surface area contributed by atoms with Crippen LogP contribution in [0.4, 0.5) is 0 Å². The third kappa shape index (κ3) is 6.02. The van der Waals surface area contributed by atoms with Crippen LogP contribution >= 0.6 is 0 Å². The van der Waals surface area contributed by atoms with Gasteiger partial charge in [0.05, 0.1) is 6.04 Å². The fourth-order valence-corrected chi connectivity index (χ4v) is 1.71.